The summed E-state index contributed by atoms with van der Waals surface area (Å²) in [5, 5.41) is 0. The zero-order valence-corrected chi connectivity index (χ0v) is 9.97. The first-order chi connectivity index (χ1) is 7.16. The second-order valence-electron chi connectivity index (χ2n) is 3.88. The molecule has 0 aromatic heterocycles. The van der Waals surface area contributed by atoms with Gasteiger partial charge in [0, 0.05) is 18.7 Å². The van der Waals surface area contributed by atoms with E-state index in [9.17, 15) is 4.39 Å². The Balaban J connectivity index is 0.00000128. The van der Waals surface area contributed by atoms with Crippen molar-refractivity contribution in [2.24, 2.45) is 5.73 Å². The number of hydrogen-bond donors (Lipinski definition) is 1. The van der Waals surface area contributed by atoms with Crippen molar-refractivity contribution < 1.29 is 9.13 Å². The number of halogens is 2. The van der Waals surface area contributed by atoms with Gasteiger partial charge in [0.1, 0.15) is 18.2 Å². The molecule has 2 N–H and O–H groups in total. The highest BCUT2D eigenvalue weighted by atomic mass is 35.5. The third-order valence-corrected chi connectivity index (χ3v) is 2.39. The number of ether oxygens (including phenoxy) is 1. The van der Waals surface area contributed by atoms with Crippen LogP contribution in [0.1, 0.15) is 6.92 Å². The van der Waals surface area contributed by atoms with E-state index < -0.39 is 0 Å². The summed E-state index contributed by atoms with van der Waals surface area (Å²) >= 11 is 0. The van der Waals surface area contributed by atoms with E-state index in [1.54, 1.807) is 6.07 Å². The largest absolute Gasteiger partial charge is 0.490 e. The monoisotopic (exact) mass is 246 g/mol. The third kappa shape index (κ3) is 2.77. The van der Waals surface area contributed by atoms with E-state index >= 15 is 0 Å². The number of benzene rings is 1. The first-order valence-corrected chi connectivity index (χ1v) is 5.09. The molecule has 2 rings (SSSR count). The molecule has 1 aliphatic heterocycles. The van der Waals surface area contributed by atoms with Gasteiger partial charge in [0.25, 0.3) is 0 Å². The molecule has 1 aromatic rings. The number of fused-ring (bicyclic) bond motifs is 1. The van der Waals surface area contributed by atoms with Crippen molar-refractivity contribution in [1.82, 2.24) is 0 Å². The van der Waals surface area contributed by atoms with Crippen LogP contribution in [0.2, 0.25) is 0 Å². The number of nitrogens with two attached hydrogens (primary N) is 1. The molecule has 0 saturated carbocycles. The van der Waals surface area contributed by atoms with Gasteiger partial charge in [-0.3, -0.25) is 0 Å². The summed E-state index contributed by atoms with van der Waals surface area (Å²) in [5.74, 6) is 0.497. The maximum atomic E-state index is 13.1. The van der Waals surface area contributed by atoms with E-state index in [0.29, 0.717) is 6.61 Å². The van der Waals surface area contributed by atoms with Crippen molar-refractivity contribution >= 4 is 18.1 Å². The van der Waals surface area contributed by atoms with Gasteiger partial charge in [-0.2, -0.15) is 0 Å². The zero-order chi connectivity index (χ0) is 10.8. The molecule has 0 amide bonds. The minimum Gasteiger partial charge on any atom is -0.490 e. The lowest BCUT2D eigenvalue weighted by atomic mass is 10.2. The number of anilines is 1. The standard InChI is InChI=1S/C11H15FN2O.ClH/c1-8(13)7-14-4-5-15-11-3-2-9(12)6-10(11)14;/h2-3,6,8H,4-5,7,13H2,1H3;1H. The van der Waals surface area contributed by atoms with Crippen molar-refractivity contribution in [3.8, 4) is 5.75 Å². The summed E-state index contributed by atoms with van der Waals surface area (Å²) in [4.78, 5) is 2.06. The molecule has 1 aliphatic rings. The molecular formula is C11H16ClFN2O. The van der Waals surface area contributed by atoms with Crippen molar-refractivity contribution in [1.29, 1.82) is 0 Å². The molecule has 1 heterocycles. The Morgan fingerprint density at radius 1 is 1.56 bits per heavy atom. The van der Waals surface area contributed by atoms with Crippen LogP contribution in [-0.4, -0.2) is 25.7 Å². The SMILES string of the molecule is CC(N)CN1CCOc2ccc(F)cc21.Cl. The number of hydrogen-bond acceptors (Lipinski definition) is 3. The summed E-state index contributed by atoms with van der Waals surface area (Å²) in [6.07, 6.45) is 0. The summed E-state index contributed by atoms with van der Waals surface area (Å²) in [6, 6.07) is 4.64. The quantitative estimate of drug-likeness (QED) is 0.865. The van der Waals surface area contributed by atoms with E-state index in [1.807, 2.05) is 6.92 Å². The van der Waals surface area contributed by atoms with Crippen LogP contribution in [0.3, 0.4) is 0 Å². The van der Waals surface area contributed by atoms with Crippen LogP contribution in [0, 0.1) is 5.82 Å². The Morgan fingerprint density at radius 2 is 2.31 bits per heavy atom. The van der Waals surface area contributed by atoms with Gasteiger partial charge in [-0.05, 0) is 19.1 Å². The molecule has 0 aliphatic carbocycles. The van der Waals surface area contributed by atoms with Gasteiger partial charge in [0.05, 0.1) is 12.2 Å². The van der Waals surface area contributed by atoms with Crippen LogP contribution in [0.5, 0.6) is 5.75 Å². The highest BCUT2D eigenvalue weighted by Crippen LogP contribution is 2.31. The Labute approximate surface area is 101 Å². The zero-order valence-electron chi connectivity index (χ0n) is 9.15. The number of nitrogens with zero attached hydrogens (tertiary/aromatic N) is 1. The van der Waals surface area contributed by atoms with E-state index in [4.69, 9.17) is 10.5 Å². The first kappa shape index (κ1) is 13.1. The average Bonchev–Trinajstić information content (AvgIpc) is 2.18. The summed E-state index contributed by atoms with van der Waals surface area (Å²) < 4.78 is 18.5. The summed E-state index contributed by atoms with van der Waals surface area (Å²) in [7, 11) is 0. The minimum atomic E-state index is -0.242. The average molecular weight is 247 g/mol. The fourth-order valence-corrected chi connectivity index (χ4v) is 1.78. The number of rotatable bonds is 2. The van der Waals surface area contributed by atoms with E-state index in [2.05, 4.69) is 4.90 Å². The molecule has 1 aromatic carbocycles. The predicted molar refractivity (Wildman–Crippen MR) is 65.0 cm³/mol. The smallest absolute Gasteiger partial charge is 0.142 e. The van der Waals surface area contributed by atoms with Crippen molar-refractivity contribution in [2.75, 3.05) is 24.6 Å². The Bertz CT molecular complexity index is 360. The highest BCUT2D eigenvalue weighted by Gasteiger charge is 2.19. The highest BCUT2D eigenvalue weighted by molar-refractivity contribution is 5.85. The molecule has 0 radical (unpaired) electrons. The predicted octanol–water partition coefficient (Wildman–Crippen LogP) is 1.79. The molecule has 1 atom stereocenters. The summed E-state index contributed by atoms with van der Waals surface area (Å²) in [5.41, 5.74) is 6.55. The maximum absolute atomic E-state index is 13.1. The molecule has 3 nitrogen and oxygen atoms in total. The second-order valence-corrected chi connectivity index (χ2v) is 3.88. The first-order valence-electron chi connectivity index (χ1n) is 5.09. The van der Waals surface area contributed by atoms with Crippen LogP contribution in [0.15, 0.2) is 18.2 Å². The van der Waals surface area contributed by atoms with Gasteiger partial charge in [0.15, 0.2) is 0 Å². The lowest BCUT2D eigenvalue weighted by molar-refractivity contribution is 0.305. The van der Waals surface area contributed by atoms with Gasteiger partial charge in [0.2, 0.25) is 0 Å². The van der Waals surface area contributed by atoms with Gasteiger partial charge < -0.3 is 15.4 Å². The fourth-order valence-electron chi connectivity index (χ4n) is 1.78. The van der Waals surface area contributed by atoms with Gasteiger partial charge in [-0.1, -0.05) is 0 Å². The Hall–Kier alpha value is -1.00. The molecule has 0 bridgehead atoms. The van der Waals surface area contributed by atoms with Crippen LogP contribution in [0.4, 0.5) is 10.1 Å². The summed E-state index contributed by atoms with van der Waals surface area (Å²) in [6.45, 7) is 4.05. The molecule has 0 spiro atoms. The molecule has 90 valence electrons. The van der Waals surface area contributed by atoms with Crippen molar-refractivity contribution in [2.45, 2.75) is 13.0 Å². The van der Waals surface area contributed by atoms with Crippen LogP contribution >= 0.6 is 12.4 Å². The molecule has 16 heavy (non-hydrogen) atoms. The topological polar surface area (TPSA) is 38.5 Å². The minimum absolute atomic E-state index is 0. The van der Waals surface area contributed by atoms with Crippen LogP contribution in [-0.2, 0) is 0 Å². The maximum Gasteiger partial charge on any atom is 0.142 e. The Kier molecular flexibility index (Phi) is 4.38. The second kappa shape index (κ2) is 5.37. The molecule has 5 heteroatoms. The lowest BCUT2D eigenvalue weighted by Gasteiger charge is -2.32. The van der Waals surface area contributed by atoms with E-state index in [1.165, 1.54) is 12.1 Å². The van der Waals surface area contributed by atoms with Crippen molar-refractivity contribution in [3.05, 3.63) is 24.0 Å². The molecular weight excluding hydrogens is 231 g/mol. The normalized spacial score (nSPS) is 15.8. The third-order valence-electron chi connectivity index (χ3n) is 2.39. The van der Waals surface area contributed by atoms with Gasteiger partial charge in [-0.15, -0.1) is 12.4 Å². The lowest BCUT2D eigenvalue weighted by Crippen LogP contribution is -2.40. The van der Waals surface area contributed by atoms with Crippen LogP contribution in [0.25, 0.3) is 0 Å². The van der Waals surface area contributed by atoms with Gasteiger partial charge in [-0.25, -0.2) is 4.39 Å². The fraction of sp³-hybridized carbons (Fsp3) is 0.455. The van der Waals surface area contributed by atoms with Gasteiger partial charge >= 0.3 is 0 Å². The molecule has 1 unspecified atom stereocenters. The molecule has 0 saturated heterocycles. The van der Waals surface area contributed by atoms with Crippen molar-refractivity contribution in [3.63, 3.8) is 0 Å². The van der Waals surface area contributed by atoms with E-state index in [0.717, 1.165) is 24.5 Å². The van der Waals surface area contributed by atoms with Crippen LogP contribution < -0.4 is 15.4 Å². The Morgan fingerprint density at radius 3 is 3.00 bits per heavy atom. The molecule has 0 fully saturated rings. The van der Waals surface area contributed by atoms with E-state index in [-0.39, 0.29) is 24.3 Å².